The quantitative estimate of drug-likeness (QED) is 0.546. The first kappa shape index (κ1) is 18.1. The highest BCUT2D eigenvalue weighted by Crippen LogP contribution is 2.37. The predicted molar refractivity (Wildman–Crippen MR) is 113 cm³/mol. The number of nitrogens with one attached hydrogen (secondary N) is 1. The summed E-state index contributed by atoms with van der Waals surface area (Å²) in [5.41, 5.74) is 1.36. The van der Waals surface area contributed by atoms with E-state index in [4.69, 9.17) is 0 Å². The molecule has 0 bridgehead atoms. The average Bonchev–Trinajstić information content (AvgIpc) is 3.18. The van der Waals surface area contributed by atoms with Crippen LogP contribution in [0, 0.1) is 5.92 Å². The summed E-state index contributed by atoms with van der Waals surface area (Å²) >= 11 is 0. The molecule has 0 aliphatic heterocycles. The number of benzene rings is 1. The monoisotopic (exact) mass is 407 g/mol. The van der Waals surface area contributed by atoms with E-state index in [0.29, 0.717) is 10.4 Å². The van der Waals surface area contributed by atoms with E-state index in [1.54, 1.807) is 24.7 Å². The Morgan fingerprint density at radius 3 is 2.79 bits per heavy atom. The van der Waals surface area contributed by atoms with Crippen molar-refractivity contribution in [3.8, 4) is 0 Å². The number of H-pyrrole nitrogens is 1. The number of fused-ring (bicyclic) bond motifs is 2. The fourth-order valence-corrected chi connectivity index (χ4v) is 6.02. The van der Waals surface area contributed by atoms with Crippen LogP contribution in [0.15, 0.2) is 60.0 Å². The summed E-state index contributed by atoms with van der Waals surface area (Å²) in [4.78, 5) is 18.5. The molecule has 4 aromatic rings. The highest BCUT2D eigenvalue weighted by molar-refractivity contribution is 7.91. The van der Waals surface area contributed by atoms with Crippen LogP contribution >= 0.6 is 0 Å². The van der Waals surface area contributed by atoms with Gasteiger partial charge in [0.15, 0.2) is 9.84 Å². The normalized spacial score (nSPS) is 19.3. The van der Waals surface area contributed by atoms with Gasteiger partial charge in [0.2, 0.25) is 0 Å². The van der Waals surface area contributed by atoms with E-state index in [9.17, 15) is 8.42 Å². The lowest BCUT2D eigenvalue weighted by molar-refractivity contribution is 0.282. The van der Waals surface area contributed by atoms with Gasteiger partial charge in [-0.25, -0.2) is 18.4 Å². The van der Waals surface area contributed by atoms with Crippen molar-refractivity contribution in [3.05, 3.63) is 55.1 Å². The molecule has 3 heterocycles. The smallest absolute Gasteiger partial charge is 0.180 e. The summed E-state index contributed by atoms with van der Waals surface area (Å²) < 4.78 is 26.1. The molecule has 1 N–H and O–H groups in total. The van der Waals surface area contributed by atoms with Gasteiger partial charge >= 0.3 is 0 Å². The molecule has 29 heavy (non-hydrogen) atoms. The molecule has 0 amide bonds. The minimum atomic E-state index is -3.40. The predicted octanol–water partition coefficient (Wildman–Crippen LogP) is 3.19. The second-order valence-electron chi connectivity index (χ2n) is 7.65. The minimum Gasteiger partial charge on any atom is -0.356 e. The molecule has 1 saturated carbocycles. The Morgan fingerprint density at radius 2 is 1.93 bits per heavy atom. The van der Waals surface area contributed by atoms with E-state index in [0.717, 1.165) is 35.1 Å². The molecule has 8 heteroatoms. The number of nitrogens with zero attached hydrogens (tertiary/aromatic N) is 4. The van der Waals surface area contributed by atoms with Crippen LogP contribution in [0.3, 0.4) is 0 Å². The number of hydrogen-bond donors (Lipinski definition) is 1. The zero-order chi connectivity index (χ0) is 20.0. The van der Waals surface area contributed by atoms with Crippen LogP contribution in [-0.4, -0.2) is 47.2 Å². The summed E-state index contributed by atoms with van der Waals surface area (Å²) in [6.45, 7) is 0. The van der Waals surface area contributed by atoms with Gasteiger partial charge in [0.25, 0.3) is 0 Å². The number of pyridine rings is 1. The summed E-state index contributed by atoms with van der Waals surface area (Å²) in [6.07, 6.45) is 6.69. The van der Waals surface area contributed by atoms with Crippen molar-refractivity contribution >= 4 is 37.6 Å². The fourth-order valence-electron chi connectivity index (χ4n) is 4.19. The average molecular weight is 407 g/mol. The molecule has 0 spiro atoms. The number of rotatable bonds is 5. The van der Waals surface area contributed by atoms with Crippen LogP contribution < -0.4 is 4.90 Å². The highest BCUT2D eigenvalue weighted by Gasteiger charge is 2.37. The molecule has 148 valence electrons. The second kappa shape index (κ2) is 6.81. The Balaban J connectivity index is 1.32. The maximum atomic E-state index is 13.1. The first-order chi connectivity index (χ1) is 14.0. The molecule has 5 rings (SSSR count). The topological polar surface area (TPSA) is 91.8 Å². The van der Waals surface area contributed by atoms with E-state index in [2.05, 4.69) is 24.8 Å². The minimum absolute atomic E-state index is 0.134. The largest absolute Gasteiger partial charge is 0.356 e. The van der Waals surface area contributed by atoms with Gasteiger partial charge in [0, 0.05) is 30.9 Å². The van der Waals surface area contributed by atoms with Crippen LogP contribution in [0.5, 0.6) is 0 Å². The lowest BCUT2D eigenvalue weighted by atomic mass is 9.81. The van der Waals surface area contributed by atoms with Crippen molar-refractivity contribution in [2.24, 2.45) is 5.92 Å². The Bertz CT molecular complexity index is 1290. The van der Waals surface area contributed by atoms with Crippen LogP contribution in [0.2, 0.25) is 0 Å². The van der Waals surface area contributed by atoms with Crippen molar-refractivity contribution in [2.75, 3.05) is 17.7 Å². The molecule has 1 fully saturated rings. The van der Waals surface area contributed by atoms with Crippen molar-refractivity contribution < 1.29 is 8.42 Å². The molecule has 1 aliphatic carbocycles. The van der Waals surface area contributed by atoms with Gasteiger partial charge in [-0.2, -0.15) is 0 Å². The Morgan fingerprint density at radius 1 is 1.10 bits per heavy atom. The zero-order valence-electron chi connectivity index (χ0n) is 16.0. The molecule has 0 atom stereocenters. The third-order valence-corrected chi connectivity index (χ3v) is 7.72. The summed E-state index contributed by atoms with van der Waals surface area (Å²) in [5.74, 6) is 1.16. The molecule has 0 unspecified atom stereocenters. The maximum absolute atomic E-state index is 13.1. The first-order valence-electron chi connectivity index (χ1n) is 9.60. The molecular formula is C21H21N5O2S. The highest BCUT2D eigenvalue weighted by atomic mass is 32.2. The van der Waals surface area contributed by atoms with Crippen LogP contribution in [0.25, 0.3) is 21.9 Å². The van der Waals surface area contributed by atoms with E-state index >= 15 is 0 Å². The van der Waals surface area contributed by atoms with Crippen molar-refractivity contribution in [2.45, 2.75) is 23.8 Å². The molecular weight excluding hydrogens is 386 g/mol. The SMILES string of the molecule is CN(c1ncnc2[nH]ccc12)[C@H]1C[C@@H](CS(=O)(=O)c2cccc3cccnc23)C1. The Kier molecular flexibility index (Phi) is 4.24. The van der Waals surface area contributed by atoms with Gasteiger partial charge in [-0.15, -0.1) is 0 Å². The van der Waals surface area contributed by atoms with Gasteiger partial charge < -0.3 is 9.88 Å². The lowest BCUT2D eigenvalue weighted by Crippen LogP contribution is -2.45. The van der Waals surface area contributed by atoms with Gasteiger partial charge in [-0.05, 0) is 37.0 Å². The van der Waals surface area contributed by atoms with E-state index in [1.165, 1.54) is 0 Å². The molecule has 0 radical (unpaired) electrons. The van der Waals surface area contributed by atoms with Gasteiger partial charge in [0.05, 0.1) is 21.6 Å². The summed E-state index contributed by atoms with van der Waals surface area (Å²) in [7, 11) is -1.39. The summed E-state index contributed by atoms with van der Waals surface area (Å²) in [6, 6.07) is 11.3. The second-order valence-corrected chi connectivity index (χ2v) is 9.65. The molecule has 7 nitrogen and oxygen atoms in total. The summed E-state index contributed by atoms with van der Waals surface area (Å²) in [5, 5.41) is 1.83. The maximum Gasteiger partial charge on any atom is 0.180 e. The third kappa shape index (κ3) is 3.13. The van der Waals surface area contributed by atoms with Gasteiger partial charge in [0.1, 0.15) is 17.8 Å². The molecule has 0 saturated heterocycles. The van der Waals surface area contributed by atoms with Gasteiger partial charge in [-0.1, -0.05) is 18.2 Å². The first-order valence-corrected chi connectivity index (χ1v) is 11.3. The Labute approximate surface area is 168 Å². The standard InChI is InChI=1S/C21H21N5O2S/c1-26(21-17-7-9-23-20(17)24-13-25-21)16-10-14(11-16)12-29(27,28)18-6-2-4-15-5-3-8-22-19(15)18/h2-9,13-14,16H,10-12H2,1H3,(H,23,24,25)/t14-,16+. The number of anilines is 1. The Hall–Kier alpha value is -3.00. The number of aromatic nitrogens is 4. The lowest BCUT2D eigenvalue weighted by Gasteiger charge is -2.41. The third-order valence-electron chi connectivity index (χ3n) is 5.81. The molecule has 3 aromatic heterocycles. The van der Waals surface area contributed by atoms with Crippen LogP contribution in [0.1, 0.15) is 12.8 Å². The van der Waals surface area contributed by atoms with E-state index < -0.39 is 9.84 Å². The molecule has 1 aliphatic rings. The number of sulfone groups is 1. The van der Waals surface area contributed by atoms with Crippen molar-refractivity contribution in [1.29, 1.82) is 0 Å². The molecule has 1 aromatic carbocycles. The van der Waals surface area contributed by atoms with Gasteiger partial charge in [-0.3, -0.25) is 4.98 Å². The van der Waals surface area contributed by atoms with Crippen molar-refractivity contribution in [1.82, 2.24) is 19.9 Å². The fraction of sp³-hybridized carbons (Fsp3) is 0.286. The van der Waals surface area contributed by atoms with E-state index in [-0.39, 0.29) is 17.7 Å². The van der Waals surface area contributed by atoms with Crippen molar-refractivity contribution in [3.63, 3.8) is 0 Å². The number of aromatic amines is 1. The van der Waals surface area contributed by atoms with E-state index in [1.807, 2.05) is 37.5 Å². The van der Waals surface area contributed by atoms with Crippen LogP contribution in [0.4, 0.5) is 5.82 Å². The number of para-hydroxylation sites is 1. The zero-order valence-corrected chi connectivity index (χ0v) is 16.8. The number of hydrogen-bond acceptors (Lipinski definition) is 6. The van der Waals surface area contributed by atoms with Crippen LogP contribution in [-0.2, 0) is 9.84 Å².